The molecular weight excluding hydrogens is 346 g/mol. The van der Waals surface area contributed by atoms with Gasteiger partial charge in [-0.2, -0.15) is 5.26 Å². The van der Waals surface area contributed by atoms with Crippen molar-refractivity contribution in [2.24, 2.45) is 5.92 Å². The molecule has 0 bridgehead atoms. The SMILES string of the molecule is N#Cc1cccnc1N1CCC(CNC(=O)C(=O)NCc2ccco2)CC1. The van der Waals surface area contributed by atoms with Gasteiger partial charge >= 0.3 is 11.8 Å². The van der Waals surface area contributed by atoms with Crippen LogP contribution in [0.5, 0.6) is 0 Å². The van der Waals surface area contributed by atoms with Crippen molar-refractivity contribution in [2.75, 3.05) is 24.5 Å². The third kappa shape index (κ3) is 4.85. The zero-order valence-electron chi connectivity index (χ0n) is 14.9. The van der Waals surface area contributed by atoms with Crippen molar-refractivity contribution in [3.63, 3.8) is 0 Å². The van der Waals surface area contributed by atoms with Crippen LogP contribution in [0.25, 0.3) is 0 Å². The number of nitrogens with one attached hydrogen (secondary N) is 2. The summed E-state index contributed by atoms with van der Waals surface area (Å²) in [7, 11) is 0. The van der Waals surface area contributed by atoms with Gasteiger partial charge in [-0.25, -0.2) is 4.98 Å². The number of piperidine rings is 1. The Kier molecular flexibility index (Phi) is 6.05. The Balaban J connectivity index is 1.41. The lowest BCUT2D eigenvalue weighted by molar-refractivity contribution is -0.139. The Morgan fingerprint density at radius 1 is 1.22 bits per heavy atom. The van der Waals surface area contributed by atoms with Crippen LogP contribution in [0.4, 0.5) is 5.82 Å². The number of furan rings is 1. The summed E-state index contributed by atoms with van der Waals surface area (Å²) in [6.07, 6.45) is 4.91. The largest absolute Gasteiger partial charge is 0.467 e. The first-order chi connectivity index (χ1) is 13.2. The molecule has 2 aromatic rings. The molecule has 0 unspecified atom stereocenters. The molecule has 0 aliphatic carbocycles. The first-order valence-corrected chi connectivity index (χ1v) is 8.86. The standard InChI is InChI=1S/C19H21N5O3/c20-11-15-3-1-7-21-17(15)24-8-5-14(6-9-24)12-22-18(25)19(26)23-13-16-4-2-10-27-16/h1-4,7,10,14H,5-6,8-9,12-13H2,(H,22,25)(H,23,26). The van der Waals surface area contributed by atoms with Gasteiger partial charge in [-0.05, 0) is 43.0 Å². The molecule has 2 aromatic heterocycles. The molecule has 3 heterocycles. The Labute approximate surface area is 157 Å². The first kappa shape index (κ1) is 18.5. The van der Waals surface area contributed by atoms with E-state index in [2.05, 4.69) is 26.6 Å². The fourth-order valence-corrected chi connectivity index (χ4v) is 3.06. The van der Waals surface area contributed by atoms with Gasteiger partial charge in [0.15, 0.2) is 0 Å². The Morgan fingerprint density at radius 2 is 2.00 bits per heavy atom. The van der Waals surface area contributed by atoms with Gasteiger partial charge in [-0.1, -0.05) is 0 Å². The molecule has 0 spiro atoms. The minimum Gasteiger partial charge on any atom is -0.467 e. The molecule has 0 aromatic carbocycles. The van der Waals surface area contributed by atoms with Crippen LogP contribution in [0.1, 0.15) is 24.2 Å². The normalized spacial score (nSPS) is 14.4. The summed E-state index contributed by atoms with van der Waals surface area (Å²) >= 11 is 0. The number of aromatic nitrogens is 1. The summed E-state index contributed by atoms with van der Waals surface area (Å²) in [5, 5.41) is 14.4. The quantitative estimate of drug-likeness (QED) is 0.768. The highest BCUT2D eigenvalue weighted by Gasteiger charge is 2.23. The van der Waals surface area contributed by atoms with Crippen molar-refractivity contribution in [1.82, 2.24) is 15.6 Å². The number of carbonyl (C=O) groups excluding carboxylic acids is 2. The van der Waals surface area contributed by atoms with Crippen LogP contribution in [0.15, 0.2) is 41.1 Å². The van der Waals surface area contributed by atoms with E-state index in [1.54, 1.807) is 30.5 Å². The molecule has 3 rings (SSSR count). The van der Waals surface area contributed by atoms with Crippen molar-refractivity contribution in [1.29, 1.82) is 5.26 Å². The highest BCUT2D eigenvalue weighted by Crippen LogP contribution is 2.23. The van der Waals surface area contributed by atoms with E-state index in [0.717, 1.165) is 25.9 Å². The Bertz CT molecular complexity index is 820. The van der Waals surface area contributed by atoms with Gasteiger partial charge in [0.05, 0.1) is 18.4 Å². The first-order valence-electron chi connectivity index (χ1n) is 8.86. The number of nitrogens with zero attached hydrogens (tertiary/aromatic N) is 3. The third-order valence-electron chi connectivity index (χ3n) is 4.58. The molecule has 27 heavy (non-hydrogen) atoms. The Hall–Kier alpha value is -3.34. The molecule has 2 N–H and O–H groups in total. The highest BCUT2D eigenvalue weighted by molar-refractivity contribution is 6.35. The minimum atomic E-state index is -0.670. The van der Waals surface area contributed by atoms with E-state index < -0.39 is 11.8 Å². The Morgan fingerprint density at radius 3 is 2.70 bits per heavy atom. The van der Waals surface area contributed by atoms with Gasteiger partial charge in [-0.3, -0.25) is 9.59 Å². The number of hydrogen-bond acceptors (Lipinski definition) is 6. The van der Waals surface area contributed by atoms with Crippen LogP contribution >= 0.6 is 0 Å². The molecule has 1 fully saturated rings. The second kappa shape index (κ2) is 8.85. The van der Waals surface area contributed by atoms with Gasteiger partial charge in [-0.15, -0.1) is 0 Å². The van der Waals surface area contributed by atoms with Crippen LogP contribution < -0.4 is 15.5 Å². The van der Waals surface area contributed by atoms with E-state index in [1.165, 1.54) is 6.26 Å². The number of hydrogen-bond donors (Lipinski definition) is 2. The number of nitriles is 1. The molecule has 1 aliphatic heterocycles. The molecule has 2 amide bonds. The zero-order chi connectivity index (χ0) is 19.1. The molecule has 1 saturated heterocycles. The average molecular weight is 367 g/mol. The van der Waals surface area contributed by atoms with Crippen molar-refractivity contribution in [3.8, 4) is 6.07 Å². The van der Waals surface area contributed by atoms with Gasteiger partial charge in [0.25, 0.3) is 0 Å². The van der Waals surface area contributed by atoms with E-state index in [0.29, 0.717) is 23.7 Å². The highest BCUT2D eigenvalue weighted by atomic mass is 16.3. The predicted octanol–water partition coefficient (Wildman–Crippen LogP) is 1.20. The van der Waals surface area contributed by atoms with E-state index in [4.69, 9.17) is 4.42 Å². The van der Waals surface area contributed by atoms with E-state index >= 15 is 0 Å². The van der Waals surface area contributed by atoms with Crippen LogP contribution in [0, 0.1) is 17.2 Å². The van der Waals surface area contributed by atoms with Crippen molar-refractivity contribution >= 4 is 17.6 Å². The van der Waals surface area contributed by atoms with Crippen LogP contribution in [0.3, 0.4) is 0 Å². The van der Waals surface area contributed by atoms with Crippen LogP contribution in [0.2, 0.25) is 0 Å². The van der Waals surface area contributed by atoms with Crippen molar-refractivity contribution in [2.45, 2.75) is 19.4 Å². The summed E-state index contributed by atoms with van der Waals surface area (Å²) in [5.74, 6) is 0.281. The summed E-state index contributed by atoms with van der Waals surface area (Å²) in [6.45, 7) is 2.16. The fraction of sp³-hybridized carbons (Fsp3) is 0.368. The molecule has 0 radical (unpaired) electrons. The summed E-state index contributed by atoms with van der Waals surface area (Å²) in [4.78, 5) is 30.1. The lowest BCUT2D eigenvalue weighted by Gasteiger charge is -2.33. The maximum Gasteiger partial charge on any atom is 0.309 e. The van der Waals surface area contributed by atoms with Gasteiger partial charge in [0.2, 0.25) is 0 Å². The summed E-state index contributed by atoms with van der Waals surface area (Å²) < 4.78 is 5.11. The molecule has 0 saturated carbocycles. The van der Waals surface area contributed by atoms with E-state index in [1.807, 2.05) is 0 Å². The van der Waals surface area contributed by atoms with Crippen LogP contribution in [-0.2, 0) is 16.1 Å². The predicted molar refractivity (Wildman–Crippen MR) is 97.5 cm³/mol. The number of carbonyl (C=O) groups is 2. The maximum absolute atomic E-state index is 11.9. The lowest BCUT2D eigenvalue weighted by atomic mass is 9.96. The monoisotopic (exact) mass is 367 g/mol. The lowest BCUT2D eigenvalue weighted by Crippen LogP contribution is -2.43. The minimum absolute atomic E-state index is 0.183. The number of anilines is 1. The fourth-order valence-electron chi connectivity index (χ4n) is 3.06. The molecule has 0 atom stereocenters. The number of pyridine rings is 1. The molecule has 140 valence electrons. The third-order valence-corrected chi connectivity index (χ3v) is 4.58. The smallest absolute Gasteiger partial charge is 0.309 e. The summed E-state index contributed by atoms with van der Waals surface area (Å²) in [5.41, 5.74) is 0.567. The second-order valence-electron chi connectivity index (χ2n) is 6.39. The maximum atomic E-state index is 11.9. The van der Waals surface area contributed by atoms with E-state index in [-0.39, 0.29) is 12.5 Å². The number of amides is 2. The van der Waals surface area contributed by atoms with Crippen LogP contribution in [-0.4, -0.2) is 36.4 Å². The molecule has 8 heteroatoms. The van der Waals surface area contributed by atoms with Crippen molar-refractivity contribution < 1.29 is 14.0 Å². The van der Waals surface area contributed by atoms with Gasteiger partial charge in [0, 0.05) is 25.8 Å². The van der Waals surface area contributed by atoms with Gasteiger partial charge in [0.1, 0.15) is 17.6 Å². The molecular formula is C19H21N5O3. The molecule has 1 aliphatic rings. The zero-order valence-corrected chi connectivity index (χ0v) is 14.9. The van der Waals surface area contributed by atoms with Crippen molar-refractivity contribution in [3.05, 3.63) is 48.0 Å². The number of rotatable bonds is 5. The average Bonchev–Trinajstić information content (AvgIpc) is 3.24. The van der Waals surface area contributed by atoms with Gasteiger partial charge < -0.3 is 20.0 Å². The molecule has 8 nitrogen and oxygen atoms in total. The van der Waals surface area contributed by atoms with E-state index in [9.17, 15) is 14.9 Å². The summed E-state index contributed by atoms with van der Waals surface area (Å²) in [6, 6.07) is 9.13. The second-order valence-corrected chi connectivity index (χ2v) is 6.39. The topological polar surface area (TPSA) is 111 Å².